The summed E-state index contributed by atoms with van der Waals surface area (Å²) in [5.41, 5.74) is 1.45. The van der Waals surface area contributed by atoms with Gasteiger partial charge in [0.25, 0.3) is 5.91 Å². The first kappa shape index (κ1) is 20.1. The molecule has 0 radical (unpaired) electrons. The van der Waals surface area contributed by atoms with Crippen molar-refractivity contribution in [2.75, 3.05) is 32.6 Å². The molecule has 146 valence electrons. The highest BCUT2D eigenvalue weighted by Gasteiger charge is 2.18. The molecule has 0 unspecified atom stereocenters. The maximum Gasteiger partial charge on any atom is 0.257 e. The maximum absolute atomic E-state index is 12.6. The van der Waals surface area contributed by atoms with E-state index >= 15 is 0 Å². The average molecular weight is 454 g/mol. The molecule has 8 heteroatoms. The molecular weight excluding hydrogens is 430 g/mol. The minimum atomic E-state index is -0.244. The second-order valence-electron chi connectivity index (χ2n) is 6.75. The number of halogens is 1. The highest BCUT2D eigenvalue weighted by Crippen LogP contribution is 2.35. The number of hydrogen-bond donors (Lipinski definition) is 1. The molecule has 2 aromatic rings. The monoisotopic (exact) mass is 453 g/mol. The lowest BCUT2D eigenvalue weighted by Gasteiger charge is -2.29. The van der Waals surface area contributed by atoms with Crippen molar-refractivity contribution in [1.29, 1.82) is 0 Å². The lowest BCUT2D eigenvalue weighted by molar-refractivity contribution is 0.102. The van der Waals surface area contributed by atoms with Crippen molar-refractivity contribution < 1.29 is 14.3 Å². The molecule has 1 aliphatic rings. The van der Waals surface area contributed by atoms with E-state index in [-0.39, 0.29) is 5.91 Å². The van der Waals surface area contributed by atoms with Gasteiger partial charge in [-0.25, -0.2) is 4.98 Å². The Morgan fingerprint density at radius 3 is 2.52 bits per heavy atom. The number of carbonyl (C=O) groups excluding carboxylic acids is 1. The molecule has 1 saturated heterocycles. The standard InChI is InChI=1S/C19H24BrN3O3S/c1-12-4-6-23(7-5-12)10-14-11-27-19(21-14)22-18(24)13-8-15(25-2)17(20)16(9-13)26-3/h8-9,11-12H,4-7,10H2,1-3H3,(H,21,22,24). The van der Waals surface area contributed by atoms with Crippen LogP contribution in [0.1, 0.15) is 35.8 Å². The Balaban J connectivity index is 1.66. The van der Waals surface area contributed by atoms with E-state index in [1.165, 1.54) is 24.2 Å². The molecule has 1 aromatic heterocycles. The van der Waals surface area contributed by atoms with E-state index < -0.39 is 0 Å². The van der Waals surface area contributed by atoms with Gasteiger partial charge in [-0.3, -0.25) is 15.0 Å². The molecule has 6 nitrogen and oxygen atoms in total. The highest BCUT2D eigenvalue weighted by atomic mass is 79.9. The zero-order valence-electron chi connectivity index (χ0n) is 15.8. The number of aromatic nitrogens is 1. The van der Waals surface area contributed by atoms with E-state index in [4.69, 9.17) is 9.47 Å². The van der Waals surface area contributed by atoms with E-state index in [1.54, 1.807) is 26.4 Å². The number of methoxy groups -OCH3 is 2. The molecule has 1 fully saturated rings. The number of carbonyl (C=O) groups is 1. The van der Waals surface area contributed by atoms with Crippen LogP contribution >= 0.6 is 27.3 Å². The third-order valence-electron chi connectivity index (χ3n) is 4.74. The molecule has 0 atom stereocenters. The average Bonchev–Trinajstić information content (AvgIpc) is 3.10. The zero-order chi connectivity index (χ0) is 19.4. The third-order valence-corrected chi connectivity index (χ3v) is 6.33. The molecule has 1 N–H and O–H groups in total. The summed E-state index contributed by atoms with van der Waals surface area (Å²) in [5, 5.41) is 5.48. The number of piperidine rings is 1. The fraction of sp³-hybridized carbons (Fsp3) is 0.474. The normalized spacial score (nSPS) is 15.6. The molecule has 0 aliphatic carbocycles. The number of ether oxygens (including phenoxy) is 2. The summed E-state index contributed by atoms with van der Waals surface area (Å²) in [6.45, 7) is 5.36. The van der Waals surface area contributed by atoms with Crippen molar-refractivity contribution in [3.8, 4) is 11.5 Å². The quantitative estimate of drug-likeness (QED) is 0.701. The van der Waals surface area contributed by atoms with Gasteiger partial charge in [-0.05, 0) is 59.9 Å². The number of anilines is 1. The summed E-state index contributed by atoms with van der Waals surface area (Å²) in [6, 6.07) is 3.34. The van der Waals surface area contributed by atoms with E-state index in [9.17, 15) is 4.79 Å². The van der Waals surface area contributed by atoms with Crippen LogP contribution in [0.5, 0.6) is 11.5 Å². The van der Waals surface area contributed by atoms with Crippen LogP contribution in [0.3, 0.4) is 0 Å². The minimum Gasteiger partial charge on any atom is -0.495 e. The molecule has 1 aromatic carbocycles. The molecule has 27 heavy (non-hydrogen) atoms. The minimum absolute atomic E-state index is 0.244. The fourth-order valence-electron chi connectivity index (χ4n) is 3.06. The Bertz CT molecular complexity index is 778. The number of amides is 1. The van der Waals surface area contributed by atoms with Crippen LogP contribution in [-0.4, -0.2) is 43.1 Å². The van der Waals surface area contributed by atoms with Crippen LogP contribution in [0.2, 0.25) is 0 Å². The number of likely N-dealkylation sites (tertiary alicyclic amines) is 1. The predicted octanol–water partition coefficient (Wildman–Crippen LogP) is 4.41. The highest BCUT2D eigenvalue weighted by molar-refractivity contribution is 9.10. The molecule has 1 amide bonds. The molecular formula is C19H24BrN3O3S. The lowest BCUT2D eigenvalue weighted by Crippen LogP contribution is -2.32. The van der Waals surface area contributed by atoms with E-state index in [0.29, 0.717) is 26.7 Å². The first-order valence-corrected chi connectivity index (χ1v) is 10.6. The fourth-order valence-corrected chi connectivity index (χ4v) is 4.31. The Morgan fingerprint density at radius 1 is 1.30 bits per heavy atom. The van der Waals surface area contributed by atoms with Gasteiger partial charge in [-0.1, -0.05) is 6.92 Å². The van der Waals surface area contributed by atoms with E-state index in [1.807, 2.05) is 5.38 Å². The SMILES string of the molecule is COc1cc(C(=O)Nc2nc(CN3CCC(C)CC3)cs2)cc(OC)c1Br. The smallest absolute Gasteiger partial charge is 0.257 e. The van der Waals surface area contributed by atoms with Crippen molar-refractivity contribution in [3.05, 3.63) is 33.2 Å². The van der Waals surface area contributed by atoms with Gasteiger partial charge >= 0.3 is 0 Å². The van der Waals surface area contributed by atoms with Gasteiger partial charge in [-0.15, -0.1) is 11.3 Å². The third kappa shape index (κ3) is 5.00. The largest absolute Gasteiger partial charge is 0.495 e. The molecule has 3 rings (SSSR count). The van der Waals surface area contributed by atoms with Gasteiger partial charge in [0, 0.05) is 17.5 Å². The zero-order valence-corrected chi connectivity index (χ0v) is 18.2. The molecule has 2 heterocycles. The summed E-state index contributed by atoms with van der Waals surface area (Å²) in [5.74, 6) is 1.65. The summed E-state index contributed by atoms with van der Waals surface area (Å²) < 4.78 is 11.3. The number of rotatable bonds is 6. The number of hydrogen-bond acceptors (Lipinski definition) is 6. The Morgan fingerprint density at radius 2 is 1.93 bits per heavy atom. The Hall–Kier alpha value is -1.64. The summed E-state index contributed by atoms with van der Waals surface area (Å²) >= 11 is 4.85. The number of nitrogens with zero attached hydrogens (tertiary/aromatic N) is 2. The Kier molecular flexibility index (Phi) is 6.73. The van der Waals surface area contributed by atoms with Gasteiger partial charge in [0.1, 0.15) is 16.0 Å². The topological polar surface area (TPSA) is 63.7 Å². The first-order chi connectivity index (χ1) is 13.0. The van der Waals surface area contributed by atoms with Crippen LogP contribution < -0.4 is 14.8 Å². The van der Waals surface area contributed by atoms with Crippen LogP contribution in [0.4, 0.5) is 5.13 Å². The van der Waals surface area contributed by atoms with Crippen molar-refractivity contribution in [3.63, 3.8) is 0 Å². The van der Waals surface area contributed by atoms with Gasteiger partial charge in [0.05, 0.1) is 19.9 Å². The van der Waals surface area contributed by atoms with E-state index in [2.05, 4.69) is 38.1 Å². The molecule has 0 bridgehead atoms. The predicted molar refractivity (Wildman–Crippen MR) is 111 cm³/mol. The lowest BCUT2D eigenvalue weighted by atomic mass is 9.99. The summed E-state index contributed by atoms with van der Waals surface area (Å²) in [6.07, 6.45) is 2.47. The number of thiazole rings is 1. The van der Waals surface area contributed by atoms with Gasteiger partial charge in [0.15, 0.2) is 5.13 Å². The first-order valence-electron chi connectivity index (χ1n) is 8.89. The Labute approximate surface area is 172 Å². The second kappa shape index (κ2) is 9.03. The summed E-state index contributed by atoms with van der Waals surface area (Å²) in [7, 11) is 3.10. The number of nitrogens with one attached hydrogen (secondary N) is 1. The van der Waals surface area contributed by atoms with Crippen LogP contribution in [-0.2, 0) is 6.54 Å². The van der Waals surface area contributed by atoms with Crippen molar-refractivity contribution >= 4 is 38.3 Å². The van der Waals surface area contributed by atoms with Gasteiger partial charge < -0.3 is 9.47 Å². The van der Waals surface area contributed by atoms with Crippen LogP contribution in [0, 0.1) is 5.92 Å². The van der Waals surface area contributed by atoms with Gasteiger partial charge in [0.2, 0.25) is 0 Å². The number of benzene rings is 1. The van der Waals surface area contributed by atoms with Crippen LogP contribution in [0.15, 0.2) is 22.0 Å². The van der Waals surface area contributed by atoms with Crippen molar-refractivity contribution in [1.82, 2.24) is 9.88 Å². The van der Waals surface area contributed by atoms with Crippen molar-refractivity contribution in [2.45, 2.75) is 26.3 Å². The molecule has 0 spiro atoms. The summed E-state index contributed by atoms with van der Waals surface area (Å²) in [4.78, 5) is 19.6. The van der Waals surface area contributed by atoms with Gasteiger partial charge in [-0.2, -0.15) is 0 Å². The van der Waals surface area contributed by atoms with Crippen molar-refractivity contribution in [2.24, 2.45) is 5.92 Å². The maximum atomic E-state index is 12.6. The van der Waals surface area contributed by atoms with E-state index in [0.717, 1.165) is 31.2 Å². The molecule has 0 saturated carbocycles. The second-order valence-corrected chi connectivity index (χ2v) is 8.40. The van der Waals surface area contributed by atoms with Crippen LogP contribution in [0.25, 0.3) is 0 Å². The molecule has 1 aliphatic heterocycles.